The highest BCUT2D eigenvalue weighted by molar-refractivity contribution is 7.98. The van der Waals surface area contributed by atoms with Crippen molar-refractivity contribution >= 4 is 11.8 Å². The first-order chi connectivity index (χ1) is 9.38. The molecule has 0 unspecified atom stereocenters. The molecule has 0 atom stereocenters. The van der Waals surface area contributed by atoms with Crippen LogP contribution in [0.4, 0.5) is 0 Å². The Hall–Kier alpha value is -2.14. The summed E-state index contributed by atoms with van der Waals surface area (Å²) in [5, 5.41) is 7.94. The zero-order valence-electron chi connectivity index (χ0n) is 10.4. The Kier molecular flexibility index (Phi) is 3.29. The van der Waals surface area contributed by atoms with Crippen LogP contribution in [0.3, 0.4) is 0 Å². The maximum atomic E-state index is 4.51. The molecule has 0 bridgehead atoms. The van der Waals surface area contributed by atoms with Gasteiger partial charge in [-0.05, 0) is 12.3 Å². The molecule has 0 aliphatic heterocycles. The predicted molar refractivity (Wildman–Crippen MR) is 76.8 cm³/mol. The van der Waals surface area contributed by atoms with Crippen molar-refractivity contribution in [3.63, 3.8) is 0 Å². The quantitative estimate of drug-likeness (QED) is 0.585. The molecule has 0 spiro atoms. The summed E-state index contributed by atoms with van der Waals surface area (Å²) in [4.78, 5) is 8.70. The number of benzene rings is 1. The van der Waals surface area contributed by atoms with E-state index >= 15 is 0 Å². The van der Waals surface area contributed by atoms with E-state index in [1.54, 1.807) is 12.4 Å². The number of thioether (sulfide) groups is 1. The fourth-order valence-corrected chi connectivity index (χ4v) is 2.25. The van der Waals surface area contributed by atoms with Crippen molar-refractivity contribution < 1.29 is 0 Å². The third-order valence-corrected chi connectivity index (χ3v) is 3.36. The lowest BCUT2D eigenvalue weighted by Crippen LogP contribution is -1.89. The number of nitrogens with zero attached hydrogens (tertiary/aromatic N) is 3. The molecular weight excluding hydrogens is 256 g/mol. The average Bonchev–Trinajstić information content (AvgIpc) is 2.98. The Labute approximate surface area is 115 Å². The van der Waals surface area contributed by atoms with Gasteiger partial charge in [0.15, 0.2) is 5.16 Å². The number of H-pyrrole nitrogens is 1. The maximum Gasteiger partial charge on any atom is 0.187 e. The van der Waals surface area contributed by atoms with Gasteiger partial charge in [0, 0.05) is 17.3 Å². The van der Waals surface area contributed by atoms with Gasteiger partial charge >= 0.3 is 0 Å². The largest absolute Gasteiger partial charge is 0.277 e. The normalized spacial score (nSPS) is 10.6. The second-order valence-electron chi connectivity index (χ2n) is 3.95. The summed E-state index contributed by atoms with van der Waals surface area (Å²) < 4.78 is 0. The Bertz CT molecular complexity index is 679. The highest BCUT2D eigenvalue weighted by Gasteiger charge is 2.11. The number of rotatable bonds is 3. The van der Waals surface area contributed by atoms with Gasteiger partial charge in [0.05, 0.1) is 17.6 Å². The van der Waals surface area contributed by atoms with Gasteiger partial charge in [-0.1, -0.05) is 42.1 Å². The smallest absolute Gasteiger partial charge is 0.187 e. The molecule has 2 heterocycles. The fraction of sp³-hybridized carbons (Fsp3) is 0.0714. The number of aromatic amines is 1. The Morgan fingerprint density at radius 3 is 2.74 bits per heavy atom. The fourth-order valence-electron chi connectivity index (χ4n) is 1.89. The van der Waals surface area contributed by atoms with Crippen LogP contribution in [0.1, 0.15) is 0 Å². The molecular formula is C14H12N4S. The number of aromatic nitrogens is 4. The van der Waals surface area contributed by atoms with Crippen LogP contribution in [0.5, 0.6) is 0 Å². The molecule has 0 fully saturated rings. The van der Waals surface area contributed by atoms with Crippen LogP contribution in [0.2, 0.25) is 0 Å². The van der Waals surface area contributed by atoms with Crippen LogP contribution in [0.25, 0.3) is 22.5 Å². The van der Waals surface area contributed by atoms with Gasteiger partial charge in [-0.15, -0.1) is 0 Å². The van der Waals surface area contributed by atoms with Gasteiger partial charge in [0.1, 0.15) is 0 Å². The molecule has 94 valence electrons. The summed E-state index contributed by atoms with van der Waals surface area (Å²) >= 11 is 1.53. The highest BCUT2D eigenvalue weighted by atomic mass is 32.2. The second-order valence-corrected chi connectivity index (χ2v) is 4.73. The molecule has 1 N–H and O–H groups in total. The molecule has 3 aromatic rings. The zero-order chi connectivity index (χ0) is 13.1. The topological polar surface area (TPSA) is 54.5 Å². The van der Waals surface area contributed by atoms with Gasteiger partial charge in [-0.2, -0.15) is 5.10 Å². The van der Waals surface area contributed by atoms with Crippen LogP contribution in [0.15, 0.2) is 53.9 Å². The van der Waals surface area contributed by atoms with E-state index in [9.17, 15) is 0 Å². The summed E-state index contributed by atoms with van der Waals surface area (Å²) in [5.74, 6) is 0. The molecule has 1 aromatic carbocycles. The summed E-state index contributed by atoms with van der Waals surface area (Å²) in [5.41, 5.74) is 3.95. The SMILES string of the molecule is CSc1nccc(-c2cn[nH]c2-c2ccccc2)n1. The van der Waals surface area contributed by atoms with Crippen molar-refractivity contribution in [3.8, 4) is 22.5 Å². The van der Waals surface area contributed by atoms with Crippen molar-refractivity contribution in [2.75, 3.05) is 6.26 Å². The Morgan fingerprint density at radius 1 is 1.11 bits per heavy atom. The van der Waals surface area contributed by atoms with Crippen LogP contribution in [-0.4, -0.2) is 26.4 Å². The lowest BCUT2D eigenvalue weighted by molar-refractivity contribution is 0.976. The molecule has 0 radical (unpaired) electrons. The zero-order valence-corrected chi connectivity index (χ0v) is 11.2. The third-order valence-electron chi connectivity index (χ3n) is 2.79. The van der Waals surface area contributed by atoms with Crippen molar-refractivity contribution in [2.45, 2.75) is 5.16 Å². The minimum atomic E-state index is 0.762. The Morgan fingerprint density at radius 2 is 1.95 bits per heavy atom. The number of hydrogen-bond acceptors (Lipinski definition) is 4. The molecule has 2 aromatic heterocycles. The molecule has 3 rings (SSSR count). The van der Waals surface area contributed by atoms with Gasteiger partial charge in [-0.3, -0.25) is 5.10 Å². The van der Waals surface area contributed by atoms with Gasteiger partial charge < -0.3 is 0 Å². The minimum Gasteiger partial charge on any atom is -0.277 e. The first-order valence-corrected chi connectivity index (χ1v) is 7.07. The second kappa shape index (κ2) is 5.24. The first kappa shape index (κ1) is 11.9. The molecule has 5 heteroatoms. The molecule has 0 aliphatic carbocycles. The molecule has 0 amide bonds. The van der Waals surface area contributed by atoms with E-state index < -0.39 is 0 Å². The van der Waals surface area contributed by atoms with Crippen LogP contribution < -0.4 is 0 Å². The standard InChI is InChI=1S/C14H12N4S/c1-19-14-15-8-7-12(17-14)11-9-16-18-13(11)10-5-3-2-4-6-10/h2-9H,1H3,(H,16,18). The van der Waals surface area contributed by atoms with E-state index in [1.165, 1.54) is 11.8 Å². The van der Waals surface area contributed by atoms with Gasteiger partial charge in [0.2, 0.25) is 0 Å². The summed E-state index contributed by atoms with van der Waals surface area (Å²) in [6, 6.07) is 12.0. The maximum absolute atomic E-state index is 4.51. The molecule has 0 aliphatic rings. The molecule has 0 saturated carbocycles. The monoisotopic (exact) mass is 268 g/mol. The van der Waals surface area contributed by atoms with Crippen molar-refractivity contribution in [2.24, 2.45) is 0 Å². The van der Waals surface area contributed by atoms with E-state index in [2.05, 4.69) is 20.2 Å². The van der Waals surface area contributed by atoms with E-state index in [4.69, 9.17) is 0 Å². The number of hydrogen-bond donors (Lipinski definition) is 1. The van der Waals surface area contributed by atoms with Gasteiger partial charge in [-0.25, -0.2) is 9.97 Å². The summed E-state index contributed by atoms with van der Waals surface area (Å²) in [7, 11) is 0. The van der Waals surface area contributed by atoms with E-state index in [1.807, 2.05) is 42.7 Å². The number of nitrogens with one attached hydrogen (secondary N) is 1. The van der Waals surface area contributed by atoms with E-state index in [0.29, 0.717) is 0 Å². The van der Waals surface area contributed by atoms with Gasteiger partial charge in [0.25, 0.3) is 0 Å². The third kappa shape index (κ3) is 2.37. The van der Waals surface area contributed by atoms with Crippen molar-refractivity contribution in [1.82, 2.24) is 20.2 Å². The Balaban J connectivity index is 2.09. The van der Waals surface area contributed by atoms with Crippen molar-refractivity contribution in [3.05, 3.63) is 48.8 Å². The molecule has 0 saturated heterocycles. The minimum absolute atomic E-state index is 0.762. The summed E-state index contributed by atoms with van der Waals surface area (Å²) in [6.07, 6.45) is 5.54. The predicted octanol–water partition coefficient (Wildman–Crippen LogP) is 3.26. The summed E-state index contributed by atoms with van der Waals surface area (Å²) in [6.45, 7) is 0. The van der Waals surface area contributed by atoms with Crippen LogP contribution >= 0.6 is 11.8 Å². The first-order valence-electron chi connectivity index (χ1n) is 5.84. The molecule has 4 nitrogen and oxygen atoms in total. The van der Waals surface area contributed by atoms with Crippen molar-refractivity contribution in [1.29, 1.82) is 0 Å². The lowest BCUT2D eigenvalue weighted by atomic mass is 10.1. The highest BCUT2D eigenvalue weighted by Crippen LogP contribution is 2.29. The van der Waals surface area contributed by atoms with E-state index in [0.717, 1.165) is 27.7 Å². The average molecular weight is 268 g/mol. The van der Waals surface area contributed by atoms with E-state index in [-0.39, 0.29) is 0 Å². The lowest BCUT2D eigenvalue weighted by Gasteiger charge is -2.03. The van der Waals surface area contributed by atoms with Crippen LogP contribution in [0, 0.1) is 0 Å². The molecule has 19 heavy (non-hydrogen) atoms. The van der Waals surface area contributed by atoms with Crippen LogP contribution in [-0.2, 0) is 0 Å².